The highest BCUT2D eigenvalue weighted by atomic mass is 16.5. The van der Waals surface area contributed by atoms with Crippen LogP contribution >= 0.6 is 0 Å². The lowest BCUT2D eigenvalue weighted by atomic mass is 9.96. The number of aryl methyl sites for hydroxylation is 1. The van der Waals surface area contributed by atoms with Crippen LogP contribution in [0.5, 0.6) is 0 Å². The molecule has 4 nitrogen and oxygen atoms in total. The number of carbonyl (C=O) groups excluding carboxylic acids is 1. The van der Waals surface area contributed by atoms with Crippen LogP contribution in [0.25, 0.3) is 0 Å². The summed E-state index contributed by atoms with van der Waals surface area (Å²) < 4.78 is 4.75. The van der Waals surface area contributed by atoms with E-state index in [1.54, 1.807) is 19.1 Å². The number of benzene rings is 1. The number of hydrogen-bond donors (Lipinski definition) is 2. The van der Waals surface area contributed by atoms with Gasteiger partial charge in [0.1, 0.15) is 6.10 Å². The number of hydrogen-bond acceptors (Lipinski definition) is 4. The molecule has 18 heavy (non-hydrogen) atoms. The zero-order valence-electron chi connectivity index (χ0n) is 10.8. The Labute approximate surface area is 107 Å². The fourth-order valence-corrected chi connectivity index (χ4v) is 1.85. The van der Waals surface area contributed by atoms with Gasteiger partial charge >= 0.3 is 5.97 Å². The second-order valence-electron chi connectivity index (χ2n) is 4.07. The van der Waals surface area contributed by atoms with Crippen LogP contribution in [0.15, 0.2) is 24.3 Å². The summed E-state index contributed by atoms with van der Waals surface area (Å²) in [5, 5.41) is 19.9. The Morgan fingerprint density at radius 3 is 2.56 bits per heavy atom. The molecule has 0 fully saturated rings. The third kappa shape index (κ3) is 3.82. The van der Waals surface area contributed by atoms with Crippen molar-refractivity contribution in [2.24, 2.45) is 0 Å². The molecule has 0 bridgehead atoms. The van der Waals surface area contributed by atoms with Crippen molar-refractivity contribution in [2.75, 3.05) is 6.61 Å². The van der Waals surface area contributed by atoms with E-state index >= 15 is 0 Å². The predicted octanol–water partition coefficient (Wildman–Crippen LogP) is 1.60. The van der Waals surface area contributed by atoms with E-state index in [0.717, 1.165) is 12.0 Å². The molecule has 0 aromatic heterocycles. The van der Waals surface area contributed by atoms with Crippen molar-refractivity contribution >= 4 is 5.97 Å². The first kappa shape index (κ1) is 14.7. The van der Waals surface area contributed by atoms with Crippen molar-refractivity contribution in [3.63, 3.8) is 0 Å². The van der Waals surface area contributed by atoms with Gasteiger partial charge in [0.25, 0.3) is 0 Å². The number of ether oxygens (including phenoxy) is 1. The van der Waals surface area contributed by atoms with Gasteiger partial charge in [-0.1, -0.05) is 31.2 Å². The summed E-state index contributed by atoms with van der Waals surface area (Å²) in [5.41, 5.74) is 1.63. The van der Waals surface area contributed by atoms with Crippen LogP contribution in [-0.4, -0.2) is 28.9 Å². The Morgan fingerprint density at radius 1 is 1.28 bits per heavy atom. The van der Waals surface area contributed by atoms with E-state index in [4.69, 9.17) is 4.74 Å². The molecule has 0 heterocycles. The van der Waals surface area contributed by atoms with Gasteiger partial charge in [0.2, 0.25) is 0 Å². The molecule has 2 N–H and O–H groups in total. The van der Waals surface area contributed by atoms with Crippen LogP contribution < -0.4 is 0 Å². The number of esters is 1. The molecule has 0 spiro atoms. The van der Waals surface area contributed by atoms with E-state index in [2.05, 4.69) is 0 Å². The molecule has 0 radical (unpaired) electrons. The Balaban J connectivity index is 2.73. The standard InChI is InChI=1S/C14H20O4/c1-3-10-7-5-6-8-11(10)14(17)12(15)9-13(16)18-4-2/h5-8,12,14-15,17H,3-4,9H2,1-2H3. The topological polar surface area (TPSA) is 66.8 Å². The lowest BCUT2D eigenvalue weighted by molar-refractivity contribution is -0.147. The van der Waals surface area contributed by atoms with E-state index in [1.807, 2.05) is 19.1 Å². The van der Waals surface area contributed by atoms with Crippen LogP contribution in [0.2, 0.25) is 0 Å². The van der Waals surface area contributed by atoms with Crippen molar-refractivity contribution in [1.82, 2.24) is 0 Å². The van der Waals surface area contributed by atoms with Crippen molar-refractivity contribution in [3.8, 4) is 0 Å². The smallest absolute Gasteiger partial charge is 0.308 e. The van der Waals surface area contributed by atoms with Gasteiger partial charge in [-0.15, -0.1) is 0 Å². The Bertz CT molecular complexity index is 389. The summed E-state index contributed by atoms with van der Waals surface area (Å²) in [6.45, 7) is 3.95. The van der Waals surface area contributed by atoms with Gasteiger partial charge in [-0.05, 0) is 24.5 Å². The van der Waals surface area contributed by atoms with Crippen LogP contribution in [0.1, 0.15) is 37.5 Å². The number of aliphatic hydroxyl groups is 2. The fraction of sp³-hybridized carbons (Fsp3) is 0.500. The maximum absolute atomic E-state index is 11.3. The van der Waals surface area contributed by atoms with Gasteiger partial charge < -0.3 is 14.9 Å². The third-order valence-corrected chi connectivity index (χ3v) is 2.80. The maximum atomic E-state index is 11.3. The molecule has 1 aromatic carbocycles. The zero-order chi connectivity index (χ0) is 13.5. The van der Waals surface area contributed by atoms with Gasteiger partial charge in [-0.2, -0.15) is 0 Å². The zero-order valence-corrected chi connectivity index (χ0v) is 10.8. The minimum atomic E-state index is -1.14. The van der Waals surface area contributed by atoms with E-state index < -0.39 is 18.2 Å². The second kappa shape index (κ2) is 7.13. The van der Waals surface area contributed by atoms with Crippen molar-refractivity contribution in [3.05, 3.63) is 35.4 Å². The SMILES string of the molecule is CCOC(=O)CC(O)C(O)c1ccccc1CC. The van der Waals surface area contributed by atoms with Gasteiger partial charge in [0, 0.05) is 0 Å². The van der Waals surface area contributed by atoms with Gasteiger partial charge in [-0.3, -0.25) is 4.79 Å². The molecule has 4 heteroatoms. The average Bonchev–Trinajstić information content (AvgIpc) is 2.38. The third-order valence-electron chi connectivity index (χ3n) is 2.80. The Morgan fingerprint density at radius 2 is 1.94 bits per heavy atom. The van der Waals surface area contributed by atoms with Crippen molar-refractivity contribution < 1.29 is 19.7 Å². The molecule has 0 aliphatic heterocycles. The molecule has 2 atom stereocenters. The Kier molecular flexibility index (Phi) is 5.82. The number of rotatable bonds is 6. The first-order valence-corrected chi connectivity index (χ1v) is 6.19. The van der Waals surface area contributed by atoms with E-state index in [9.17, 15) is 15.0 Å². The lowest BCUT2D eigenvalue weighted by Crippen LogP contribution is -2.23. The predicted molar refractivity (Wildman–Crippen MR) is 68.0 cm³/mol. The highest BCUT2D eigenvalue weighted by Crippen LogP contribution is 2.23. The second-order valence-corrected chi connectivity index (χ2v) is 4.07. The Hall–Kier alpha value is -1.39. The minimum Gasteiger partial charge on any atom is -0.466 e. The minimum absolute atomic E-state index is 0.201. The summed E-state index contributed by atoms with van der Waals surface area (Å²) in [6.07, 6.45) is -1.64. The van der Waals surface area contributed by atoms with Gasteiger partial charge in [0.05, 0.1) is 19.1 Å². The van der Waals surface area contributed by atoms with Gasteiger partial charge in [-0.25, -0.2) is 0 Å². The largest absolute Gasteiger partial charge is 0.466 e. The number of carbonyl (C=O) groups is 1. The normalized spacial score (nSPS) is 14.0. The summed E-state index contributed by atoms with van der Waals surface area (Å²) in [5.74, 6) is -0.502. The monoisotopic (exact) mass is 252 g/mol. The molecule has 0 amide bonds. The summed E-state index contributed by atoms with van der Waals surface area (Å²) in [6, 6.07) is 7.34. The first-order valence-electron chi connectivity index (χ1n) is 6.19. The molecule has 100 valence electrons. The van der Waals surface area contributed by atoms with E-state index in [1.165, 1.54) is 0 Å². The molecule has 0 aliphatic rings. The average molecular weight is 252 g/mol. The molecule has 0 saturated heterocycles. The van der Waals surface area contributed by atoms with Crippen LogP contribution in [-0.2, 0) is 16.0 Å². The highest BCUT2D eigenvalue weighted by Gasteiger charge is 2.23. The maximum Gasteiger partial charge on any atom is 0.308 e. The fourth-order valence-electron chi connectivity index (χ4n) is 1.85. The van der Waals surface area contributed by atoms with E-state index in [0.29, 0.717) is 5.56 Å². The number of aliphatic hydroxyl groups excluding tert-OH is 2. The van der Waals surface area contributed by atoms with Crippen LogP contribution in [0, 0.1) is 0 Å². The summed E-state index contributed by atoms with van der Waals surface area (Å²) >= 11 is 0. The highest BCUT2D eigenvalue weighted by molar-refractivity contribution is 5.70. The van der Waals surface area contributed by atoms with Crippen LogP contribution in [0.3, 0.4) is 0 Å². The van der Waals surface area contributed by atoms with Gasteiger partial charge in [0.15, 0.2) is 0 Å². The first-order chi connectivity index (χ1) is 8.60. The molecule has 0 saturated carbocycles. The van der Waals surface area contributed by atoms with E-state index in [-0.39, 0.29) is 13.0 Å². The summed E-state index contributed by atoms with van der Waals surface area (Å²) in [4.78, 5) is 11.3. The van der Waals surface area contributed by atoms with Crippen molar-refractivity contribution in [2.45, 2.75) is 38.9 Å². The quantitative estimate of drug-likeness (QED) is 0.755. The molecular formula is C14H20O4. The molecule has 2 unspecified atom stereocenters. The van der Waals surface area contributed by atoms with Crippen LogP contribution in [0.4, 0.5) is 0 Å². The lowest BCUT2D eigenvalue weighted by Gasteiger charge is -2.19. The summed E-state index contributed by atoms with van der Waals surface area (Å²) in [7, 11) is 0. The van der Waals surface area contributed by atoms with Crippen molar-refractivity contribution in [1.29, 1.82) is 0 Å². The molecule has 1 rings (SSSR count). The molecule has 1 aromatic rings. The molecule has 0 aliphatic carbocycles. The molecular weight excluding hydrogens is 232 g/mol.